The molecule has 0 saturated carbocycles. The molecule has 1 heterocycles. The topological polar surface area (TPSA) is 46.3 Å². The minimum atomic E-state index is 0.0364. The summed E-state index contributed by atoms with van der Waals surface area (Å²) in [5.41, 5.74) is 9.29. The van der Waals surface area contributed by atoms with E-state index >= 15 is 0 Å². The van der Waals surface area contributed by atoms with E-state index in [1.807, 2.05) is 23.1 Å². The summed E-state index contributed by atoms with van der Waals surface area (Å²) in [4.78, 5) is 14.7. The largest absolute Gasteiger partial charge is 0.399 e. The van der Waals surface area contributed by atoms with E-state index in [0.29, 0.717) is 17.2 Å². The van der Waals surface area contributed by atoms with Crippen LogP contribution in [0.3, 0.4) is 0 Å². The fraction of sp³-hybridized carbons (Fsp3) is 0.235. The number of fused-ring (bicyclic) bond motifs is 1. The average Bonchev–Trinajstić information content (AvgIpc) is 2.72. The molecule has 0 saturated heterocycles. The molecule has 0 radical (unpaired) electrons. The van der Waals surface area contributed by atoms with E-state index in [1.54, 1.807) is 24.3 Å². The number of amides is 1. The van der Waals surface area contributed by atoms with Crippen molar-refractivity contribution in [1.82, 2.24) is 0 Å². The third kappa shape index (κ3) is 1.86. The molecule has 0 aromatic heterocycles. The molecular formula is C17H18N2O. The zero-order valence-corrected chi connectivity index (χ0v) is 11.7. The Morgan fingerprint density at radius 1 is 1.05 bits per heavy atom. The first-order chi connectivity index (χ1) is 9.59. The van der Waals surface area contributed by atoms with Gasteiger partial charge in [0, 0.05) is 28.9 Å². The van der Waals surface area contributed by atoms with Crippen LogP contribution in [0.5, 0.6) is 0 Å². The second-order valence-electron chi connectivity index (χ2n) is 5.39. The number of benzene rings is 2. The molecule has 2 aromatic carbocycles. The van der Waals surface area contributed by atoms with E-state index in [2.05, 4.69) is 19.9 Å². The summed E-state index contributed by atoms with van der Waals surface area (Å²) in [6.45, 7) is 4.26. The first-order valence-electron chi connectivity index (χ1n) is 6.87. The lowest BCUT2D eigenvalue weighted by Gasteiger charge is -2.24. The first-order valence-corrected chi connectivity index (χ1v) is 6.87. The normalized spacial score (nSPS) is 20.8. The van der Waals surface area contributed by atoms with Crippen molar-refractivity contribution < 1.29 is 4.79 Å². The number of carbonyl (C=O) groups excluding carboxylic acids is 1. The third-order valence-corrected chi connectivity index (χ3v) is 4.19. The molecule has 2 aromatic rings. The average molecular weight is 266 g/mol. The molecular weight excluding hydrogens is 248 g/mol. The highest BCUT2D eigenvalue weighted by Crippen LogP contribution is 2.41. The van der Waals surface area contributed by atoms with Crippen molar-refractivity contribution in [3.05, 3.63) is 59.7 Å². The van der Waals surface area contributed by atoms with Gasteiger partial charge in [0.2, 0.25) is 0 Å². The highest BCUT2D eigenvalue weighted by atomic mass is 16.2. The lowest BCUT2D eigenvalue weighted by Crippen LogP contribution is -2.36. The van der Waals surface area contributed by atoms with E-state index in [-0.39, 0.29) is 11.9 Å². The molecule has 1 aliphatic heterocycles. The number of nitrogens with zero attached hydrogens (tertiary/aromatic N) is 1. The van der Waals surface area contributed by atoms with E-state index in [1.165, 1.54) is 5.56 Å². The number of nitrogens with two attached hydrogens (primary N) is 1. The number of hydrogen-bond acceptors (Lipinski definition) is 2. The number of nitrogen functional groups attached to an aromatic ring is 1. The minimum absolute atomic E-state index is 0.0364. The highest BCUT2D eigenvalue weighted by molar-refractivity contribution is 6.08. The minimum Gasteiger partial charge on any atom is -0.399 e. The van der Waals surface area contributed by atoms with Crippen LogP contribution in [-0.2, 0) is 0 Å². The van der Waals surface area contributed by atoms with Crippen molar-refractivity contribution >= 4 is 17.3 Å². The molecule has 102 valence electrons. The first kappa shape index (κ1) is 12.7. The van der Waals surface area contributed by atoms with Crippen LogP contribution in [-0.4, -0.2) is 11.9 Å². The molecule has 2 unspecified atom stereocenters. The zero-order chi connectivity index (χ0) is 14.3. The molecule has 1 amide bonds. The molecule has 3 rings (SSSR count). The van der Waals surface area contributed by atoms with Gasteiger partial charge in [0.05, 0.1) is 0 Å². The molecule has 0 fully saturated rings. The Hall–Kier alpha value is -2.29. The van der Waals surface area contributed by atoms with Crippen LogP contribution in [0, 0.1) is 0 Å². The number of rotatable bonds is 1. The van der Waals surface area contributed by atoms with Crippen LogP contribution in [0.1, 0.15) is 35.7 Å². The summed E-state index contributed by atoms with van der Waals surface area (Å²) in [5.74, 6) is 0.387. The highest BCUT2D eigenvalue weighted by Gasteiger charge is 2.36. The molecule has 2 N–H and O–H groups in total. The second kappa shape index (κ2) is 4.67. The number of carbonyl (C=O) groups is 1. The van der Waals surface area contributed by atoms with Gasteiger partial charge in [-0.2, -0.15) is 0 Å². The van der Waals surface area contributed by atoms with Gasteiger partial charge in [0.25, 0.3) is 5.91 Å². The van der Waals surface area contributed by atoms with Gasteiger partial charge in [-0.1, -0.05) is 25.1 Å². The summed E-state index contributed by atoms with van der Waals surface area (Å²) in [5, 5.41) is 0. The predicted octanol–water partition coefficient (Wildman–Crippen LogP) is 3.42. The summed E-state index contributed by atoms with van der Waals surface area (Å²) in [7, 11) is 0. The Morgan fingerprint density at radius 3 is 2.40 bits per heavy atom. The van der Waals surface area contributed by atoms with Crippen molar-refractivity contribution in [2.45, 2.75) is 25.8 Å². The van der Waals surface area contributed by atoms with Crippen LogP contribution in [0.15, 0.2) is 48.5 Å². The second-order valence-corrected chi connectivity index (χ2v) is 5.39. The maximum absolute atomic E-state index is 12.8. The Kier molecular flexibility index (Phi) is 2.97. The Morgan fingerprint density at radius 2 is 1.70 bits per heavy atom. The van der Waals surface area contributed by atoms with Gasteiger partial charge < -0.3 is 10.6 Å². The molecule has 3 nitrogen and oxygen atoms in total. The smallest absolute Gasteiger partial charge is 0.258 e. The van der Waals surface area contributed by atoms with Crippen LogP contribution in [0.25, 0.3) is 0 Å². The SMILES string of the molecule is CC1c2ccccc2N(C(=O)c2ccc(N)cc2)C1C. The summed E-state index contributed by atoms with van der Waals surface area (Å²) in [6.07, 6.45) is 0. The maximum atomic E-state index is 12.8. The van der Waals surface area contributed by atoms with Gasteiger partial charge in [-0.25, -0.2) is 0 Å². The molecule has 1 aliphatic rings. The third-order valence-electron chi connectivity index (χ3n) is 4.19. The van der Waals surface area contributed by atoms with E-state index in [9.17, 15) is 4.79 Å². The summed E-state index contributed by atoms with van der Waals surface area (Å²) in [6, 6.07) is 15.4. The van der Waals surface area contributed by atoms with E-state index in [0.717, 1.165) is 5.69 Å². The van der Waals surface area contributed by atoms with Crippen molar-refractivity contribution in [1.29, 1.82) is 0 Å². The van der Waals surface area contributed by atoms with Gasteiger partial charge in [-0.05, 0) is 42.8 Å². The van der Waals surface area contributed by atoms with Crippen LogP contribution >= 0.6 is 0 Å². The lowest BCUT2D eigenvalue weighted by molar-refractivity contribution is 0.0979. The number of para-hydroxylation sites is 1. The van der Waals surface area contributed by atoms with E-state index in [4.69, 9.17) is 5.73 Å². The van der Waals surface area contributed by atoms with Crippen molar-refractivity contribution in [2.24, 2.45) is 0 Å². The lowest BCUT2D eigenvalue weighted by atomic mass is 9.98. The van der Waals surface area contributed by atoms with Crippen LogP contribution in [0.2, 0.25) is 0 Å². The van der Waals surface area contributed by atoms with Crippen molar-refractivity contribution in [3.63, 3.8) is 0 Å². The molecule has 0 spiro atoms. The molecule has 3 heteroatoms. The molecule has 2 atom stereocenters. The Labute approximate surface area is 119 Å². The fourth-order valence-corrected chi connectivity index (χ4v) is 2.85. The maximum Gasteiger partial charge on any atom is 0.258 e. The van der Waals surface area contributed by atoms with E-state index < -0.39 is 0 Å². The molecule has 0 bridgehead atoms. The van der Waals surface area contributed by atoms with Crippen molar-refractivity contribution in [3.8, 4) is 0 Å². The quantitative estimate of drug-likeness (QED) is 0.804. The van der Waals surface area contributed by atoms with Gasteiger partial charge in [0.1, 0.15) is 0 Å². The predicted molar refractivity (Wildman–Crippen MR) is 82.0 cm³/mol. The monoisotopic (exact) mass is 266 g/mol. The van der Waals surface area contributed by atoms with Gasteiger partial charge in [-0.3, -0.25) is 4.79 Å². The summed E-state index contributed by atoms with van der Waals surface area (Å²) < 4.78 is 0. The zero-order valence-electron chi connectivity index (χ0n) is 11.7. The Balaban J connectivity index is 2.02. The van der Waals surface area contributed by atoms with Crippen molar-refractivity contribution in [2.75, 3.05) is 10.6 Å². The van der Waals surface area contributed by atoms with Gasteiger partial charge in [0.15, 0.2) is 0 Å². The fourth-order valence-electron chi connectivity index (χ4n) is 2.85. The van der Waals surface area contributed by atoms with Crippen LogP contribution < -0.4 is 10.6 Å². The van der Waals surface area contributed by atoms with Gasteiger partial charge >= 0.3 is 0 Å². The summed E-state index contributed by atoms with van der Waals surface area (Å²) >= 11 is 0. The molecule has 20 heavy (non-hydrogen) atoms. The Bertz CT molecular complexity index is 648. The number of hydrogen-bond donors (Lipinski definition) is 1. The van der Waals surface area contributed by atoms with Crippen LogP contribution in [0.4, 0.5) is 11.4 Å². The van der Waals surface area contributed by atoms with Gasteiger partial charge in [-0.15, -0.1) is 0 Å². The number of anilines is 2. The molecule has 0 aliphatic carbocycles. The standard InChI is InChI=1S/C17H18N2O/c1-11-12(2)19(16-6-4-3-5-15(11)16)17(20)13-7-9-14(18)10-8-13/h3-12H,18H2,1-2H3.